The van der Waals surface area contributed by atoms with Crippen LogP contribution in [0.4, 0.5) is 17.1 Å². The third-order valence-corrected chi connectivity index (χ3v) is 9.97. The van der Waals surface area contributed by atoms with Gasteiger partial charge in [-0.2, -0.15) is 9.59 Å². The van der Waals surface area contributed by atoms with Crippen LogP contribution in [0.1, 0.15) is 49.4 Å². The molecule has 2 aromatic heterocycles. The molecule has 14 nitrogen and oxygen atoms in total. The number of nitrogens with two attached hydrogens (primary N) is 1. The molecule has 3 heterocycles. The monoisotopic (exact) mass is 801 g/mol. The van der Waals surface area contributed by atoms with Crippen molar-refractivity contribution in [1.29, 1.82) is 0 Å². The standard InChI is InChI=1S/C45H35N5O7.CO2/c1-24(51)34-19-14-25-8-6-12-35(40(25)49-34)47-22-31-33(46)18-16-29-39(27-10-4-5-11-28(27)44(53)55-2)30-17-21-38(52)32(43(30)57-42(29)31)23-48-36-13-7-9-26-15-20-37(45(54)56-3)50-41(26)36;2-1-3/h4-21,47-48H,22-23,46H2,1-3H3;. The first-order valence-electron chi connectivity index (χ1n) is 18.4. The van der Waals surface area contributed by atoms with E-state index in [4.69, 9.17) is 29.2 Å². The van der Waals surface area contributed by atoms with Gasteiger partial charge >= 0.3 is 18.1 Å². The number of carbonyl (C=O) groups excluding carboxylic acids is 5. The lowest BCUT2D eigenvalue weighted by Crippen LogP contribution is -2.16. The van der Waals surface area contributed by atoms with Crippen LogP contribution in [0.3, 0.4) is 0 Å². The molecule has 1 aliphatic carbocycles. The minimum absolute atomic E-state index is 0.0164. The molecule has 6 aromatic rings. The zero-order valence-corrected chi connectivity index (χ0v) is 32.5. The highest BCUT2D eigenvalue weighted by molar-refractivity contribution is 6.09. The van der Waals surface area contributed by atoms with Crippen LogP contribution in [0.2, 0.25) is 0 Å². The summed E-state index contributed by atoms with van der Waals surface area (Å²) in [7, 11) is 2.62. The van der Waals surface area contributed by atoms with E-state index in [0.717, 1.165) is 10.8 Å². The molecule has 60 heavy (non-hydrogen) atoms. The Labute approximate surface area is 341 Å². The number of methoxy groups -OCH3 is 2. The molecule has 0 radical (unpaired) electrons. The first kappa shape index (κ1) is 40.0. The summed E-state index contributed by atoms with van der Waals surface area (Å²) in [4.78, 5) is 77.0. The predicted molar refractivity (Wildman–Crippen MR) is 225 cm³/mol. The highest BCUT2D eigenvalue weighted by Crippen LogP contribution is 2.44. The molecule has 14 heteroatoms. The van der Waals surface area contributed by atoms with Gasteiger partial charge in [-0.05, 0) is 60.2 Å². The second kappa shape index (κ2) is 17.1. The van der Waals surface area contributed by atoms with Crippen molar-refractivity contribution in [3.05, 3.63) is 147 Å². The van der Waals surface area contributed by atoms with Gasteiger partial charge in [-0.1, -0.05) is 54.6 Å². The Bertz CT molecular complexity index is 3060. The van der Waals surface area contributed by atoms with Crippen molar-refractivity contribution in [2.24, 2.45) is 0 Å². The number of ether oxygens (including phenoxy) is 2. The highest BCUT2D eigenvalue weighted by atomic mass is 16.5. The van der Waals surface area contributed by atoms with Crippen LogP contribution >= 0.6 is 0 Å². The Balaban J connectivity index is 0.00000176. The van der Waals surface area contributed by atoms with Crippen LogP contribution < -0.4 is 21.8 Å². The van der Waals surface area contributed by atoms with Gasteiger partial charge < -0.3 is 30.3 Å². The number of ketones is 1. The summed E-state index contributed by atoms with van der Waals surface area (Å²) in [5.74, 6) is -0.975. The molecule has 0 saturated heterocycles. The number of nitrogens with zero attached hydrogens (tertiary/aromatic N) is 2. The Hall–Kier alpha value is -8.22. The number of rotatable bonds is 10. The SMILES string of the molecule is COC(=O)c1ccc2cccc(NCc3c4oc5c(CNc6cccc7ccc(C(C)=O)nc67)c(N)ccc5c(-c5ccccc5C(=O)OC)c-4ccc3=O)c2n1.O=C=O. The number of esters is 2. The summed E-state index contributed by atoms with van der Waals surface area (Å²) < 4.78 is 16.9. The molecule has 298 valence electrons. The molecule has 1 aliphatic heterocycles. The Kier molecular flexibility index (Phi) is 11.4. The Morgan fingerprint density at radius 2 is 1.28 bits per heavy atom. The smallest absolute Gasteiger partial charge is 0.373 e. The summed E-state index contributed by atoms with van der Waals surface area (Å²) in [5.41, 5.74) is 13.1. The summed E-state index contributed by atoms with van der Waals surface area (Å²) in [6.45, 7) is 1.67. The maximum absolute atomic E-state index is 13.8. The fourth-order valence-corrected chi connectivity index (χ4v) is 7.12. The summed E-state index contributed by atoms with van der Waals surface area (Å²) in [6.07, 6.45) is 0.250. The van der Waals surface area contributed by atoms with E-state index < -0.39 is 11.9 Å². The maximum Gasteiger partial charge on any atom is 0.373 e. The van der Waals surface area contributed by atoms with E-state index in [2.05, 4.69) is 20.6 Å². The average Bonchev–Trinajstić information content (AvgIpc) is 3.27. The second-order valence-corrected chi connectivity index (χ2v) is 13.4. The zero-order valence-electron chi connectivity index (χ0n) is 32.5. The van der Waals surface area contributed by atoms with Crippen LogP contribution in [0.25, 0.3) is 55.2 Å². The molecule has 0 amide bonds. The van der Waals surface area contributed by atoms with Crippen molar-refractivity contribution in [2.45, 2.75) is 20.0 Å². The molecule has 0 spiro atoms. The van der Waals surface area contributed by atoms with Gasteiger partial charge in [0.1, 0.15) is 22.7 Å². The van der Waals surface area contributed by atoms with E-state index in [1.165, 1.54) is 27.2 Å². The Morgan fingerprint density at radius 1 is 0.683 bits per heavy atom. The van der Waals surface area contributed by atoms with Crippen molar-refractivity contribution < 1.29 is 37.9 Å². The highest BCUT2D eigenvalue weighted by Gasteiger charge is 2.27. The first-order valence-corrected chi connectivity index (χ1v) is 18.4. The number of fused-ring (bicyclic) bond motifs is 4. The number of hydrogen-bond donors (Lipinski definition) is 3. The normalized spacial score (nSPS) is 10.8. The van der Waals surface area contributed by atoms with Crippen molar-refractivity contribution in [2.75, 3.05) is 30.6 Å². The van der Waals surface area contributed by atoms with Gasteiger partial charge in [-0.25, -0.2) is 19.6 Å². The molecule has 4 aromatic carbocycles. The van der Waals surface area contributed by atoms with Crippen molar-refractivity contribution in [1.82, 2.24) is 9.97 Å². The number of pyridine rings is 2. The number of anilines is 3. The largest absolute Gasteiger partial charge is 0.465 e. The maximum atomic E-state index is 13.8. The van der Waals surface area contributed by atoms with Crippen LogP contribution in [0.15, 0.2) is 118 Å². The molecular weight excluding hydrogens is 767 g/mol. The zero-order chi connectivity index (χ0) is 42.5. The van der Waals surface area contributed by atoms with Gasteiger partial charge in [0.05, 0.1) is 47.8 Å². The molecule has 0 saturated carbocycles. The summed E-state index contributed by atoms with van der Waals surface area (Å²) in [6, 6.07) is 32.0. The third kappa shape index (κ3) is 7.61. The summed E-state index contributed by atoms with van der Waals surface area (Å²) >= 11 is 0. The van der Waals surface area contributed by atoms with Gasteiger partial charge in [0, 0.05) is 58.5 Å². The first-order chi connectivity index (χ1) is 29.1. The molecule has 4 N–H and O–H groups in total. The fraction of sp³-hybridized carbons (Fsp3) is 0.109. The number of benzene rings is 5. The molecular formula is C46H35N5O9. The lowest BCUT2D eigenvalue weighted by Gasteiger charge is -2.21. The van der Waals surface area contributed by atoms with Crippen LogP contribution in [0.5, 0.6) is 0 Å². The minimum Gasteiger partial charge on any atom is -0.465 e. The lowest BCUT2D eigenvalue weighted by atomic mass is 9.88. The number of nitrogens with one attached hydrogen (secondary N) is 2. The van der Waals surface area contributed by atoms with Crippen molar-refractivity contribution in [3.8, 4) is 22.5 Å². The molecule has 0 atom stereocenters. The minimum atomic E-state index is -0.574. The van der Waals surface area contributed by atoms with Gasteiger partial charge in [0.15, 0.2) is 11.2 Å². The van der Waals surface area contributed by atoms with E-state index in [9.17, 15) is 19.2 Å². The average molecular weight is 802 g/mol. The van der Waals surface area contributed by atoms with Crippen molar-refractivity contribution >= 4 is 73.7 Å². The third-order valence-electron chi connectivity index (χ3n) is 9.97. The van der Waals surface area contributed by atoms with Crippen LogP contribution in [-0.4, -0.2) is 48.1 Å². The molecule has 2 aliphatic rings. The number of carbonyl (C=O) groups is 3. The van der Waals surface area contributed by atoms with Gasteiger partial charge in [0.25, 0.3) is 0 Å². The lowest BCUT2D eigenvalue weighted by molar-refractivity contribution is -0.191. The van der Waals surface area contributed by atoms with E-state index in [1.54, 1.807) is 42.5 Å². The number of nitrogen functional groups attached to an aromatic ring is 1. The number of para-hydroxylation sites is 2. The van der Waals surface area contributed by atoms with Crippen LogP contribution in [0, 0.1) is 0 Å². The molecule has 0 unspecified atom stereocenters. The van der Waals surface area contributed by atoms with Gasteiger partial charge in [0.2, 0.25) is 0 Å². The fourth-order valence-electron chi connectivity index (χ4n) is 7.12. The van der Waals surface area contributed by atoms with E-state index in [1.807, 2.05) is 60.7 Å². The van der Waals surface area contributed by atoms with E-state index in [-0.39, 0.29) is 41.9 Å². The van der Waals surface area contributed by atoms with Crippen molar-refractivity contribution in [3.63, 3.8) is 0 Å². The number of Topliss-reactive ketones (excluding diaryl/α,β-unsaturated/α-hetero) is 1. The van der Waals surface area contributed by atoms with Gasteiger partial charge in [-0.3, -0.25) is 9.59 Å². The number of hydrogen-bond acceptors (Lipinski definition) is 14. The second-order valence-electron chi connectivity index (χ2n) is 13.4. The quantitative estimate of drug-likeness (QED) is 0.0525. The topological polar surface area (TPSA) is 210 Å². The molecule has 0 bridgehead atoms. The molecule has 0 fully saturated rings. The Morgan fingerprint density at radius 3 is 1.92 bits per heavy atom. The predicted octanol–water partition coefficient (Wildman–Crippen LogP) is 7.66. The summed E-state index contributed by atoms with van der Waals surface area (Å²) in [5, 5.41) is 9.07. The molecule has 8 rings (SSSR count). The van der Waals surface area contributed by atoms with Crippen LogP contribution in [-0.2, 0) is 32.2 Å². The van der Waals surface area contributed by atoms with Gasteiger partial charge in [-0.15, -0.1) is 0 Å². The number of aromatic nitrogens is 2. The van der Waals surface area contributed by atoms with E-state index >= 15 is 0 Å². The van der Waals surface area contributed by atoms with E-state index in [0.29, 0.717) is 78.1 Å².